The van der Waals surface area contributed by atoms with E-state index in [0.29, 0.717) is 18.8 Å². The normalized spacial score (nSPS) is 44.9. The van der Waals surface area contributed by atoms with Crippen LogP contribution in [0.5, 0.6) is 0 Å². The van der Waals surface area contributed by atoms with Crippen molar-refractivity contribution in [3.8, 4) is 0 Å². The number of rotatable bonds is 0. The SMILES string of the molecule is C[C@]12C[C@@H](O)[C@@H]3c4ccccc4C(=O)C[C@H]3[C@@H]1CC[C@@H]2O. The van der Waals surface area contributed by atoms with E-state index in [1.54, 1.807) is 0 Å². The summed E-state index contributed by atoms with van der Waals surface area (Å²) < 4.78 is 0. The van der Waals surface area contributed by atoms with Crippen LogP contribution in [0.1, 0.15) is 54.4 Å². The molecule has 0 bridgehead atoms. The molecule has 3 aliphatic rings. The van der Waals surface area contributed by atoms with Crippen LogP contribution < -0.4 is 0 Å². The first-order valence-corrected chi connectivity index (χ1v) is 8.00. The van der Waals surface area contributed by atoms with E-state index in [-0.39, 0.29) is 29.1 Å². The van der Waals surface area contributed by atoms with Gasteiger partial charge in [-0.2, -0.15) is 0 Å². The maximum Gasteiger partial charge on any atom is 0.163 e. The zero-order valence-corrected chi connectivity index (χ0v) is 12.3. The maximum absolute atomic E-state index is 12.5. The minimum Gasteiger partial charge on any atom is -0.393 e. The van der Waals surface area contributed by atoms with E-state index in [4.69, 9.17) is 0 Å². The summed E-state index contributed by atoms with van der Waals surface area (Å²) in [5, 5.41) is 21.1. The first-order valence-electron chi connectivity index (χ1n) is 8.00. The Morgan fingerprint density at radius 3 is 2.76 bits per heavy atom. The Kier molecular flexibility index (Phi) is 2.82. The van der Waals surface area contributed by atoms with Crippen LogP contribution in [0.25, 0.3) is 0 Å². The lowest BCUT2D eigenvalue weighted by molar-refractivity contribution is -0.0770. The number of fused-ring (bicyclic) bond motifs is 5. The Labute approximate surface area is 125 Å². The summed E-state index contributed by atoms with van der Waals surface area (Å²) in [5.41, 5.74) is 1.59. The van der Waals surface area contributed by atoms with Gasteiger partial charge in [0.15, 0.2) is 5.78 Å². The van der Waals surface area contributed by atoms with Gasteiger partial charge in [0.05, 0.1) is 12.2 Å². The van der Waals surface area contributed by atoms with Gasteiger partial charge < -0.3 is 10.2 Å². The van der Waals surface area contributed by atoms with Crippen LogP contribution in [0.3, 0.4) is 0 Å². The Morgan fingerprint density at radius 1 is 1.19 bits per heavy atom. The van der Waals surface area contributed by atoms with Crippen molar-refractivity contribution in [3.05, 3.63) is 35.4 Å². The second-order valence-electron chi connectivity index (χ2n) is 7.38. The van der Waals surface area contributed by atoms with Gasteiger partial charge in [-0.15, -0.1) is 0 Å². The Morgan fingerprint density at radius 2 is 1.95 bits per heavy atom. The van der Waals surface area contributed by atoms with E-state index in [0.717, 1.165) is 24.0 Å². The van der Waals surface area contributed by atoms with Gasteiger partial charge in [0.1, 0.15) is 0 Å². The number of aliphatic hydroxyl groups is 2. The fourth-order valence-corrected chi connectivity index (χ4v) is 5.42. The topological polar surface area (TPSA) is 57.5 Å². The Hall–Kier alpha value is -1.19. The van der Waals surface area contributed by atoms with Crippen LogP contribution in [-0.4, -0.2) is 28.2 Å². The molecule has 0 aromatic heterocycles. The summed E-state index contributed by atoms with van der Waals surface area (Å²) in [5.74, 6) is 0.781. The monoisotopic (exact) mass is 286 g/mol. The molecule has 1 aromatic rings. The number of hydrogen-bond donors (Lipinski definition) is 2. The highest BCUT2D eigenvalue weighted by Crippen LogP contribution is 2.60. The predicted octanol–water partition coefficient (Wildman–Crippen LogP) is 2.51. The number of carbonyl (C=O) groups is 1. The van der Waals surface area contributed by atoms with Gasteiger partial charge in [-0.3, -0.25) is 4.79 Å². The molecule has 3 aliphatic carbocycles. The summed E-state index contributed by atoms with van der Waals surface area (Å²) >= 11 is 0. The molecule has 1 aromatic carbocycles. The van der Waals surface area contributed by atoms with Gasteiger partial charge in [0.25, 0.3) is 0 Å². The molecule has 3 nitrogen and oxygen atoms in total. The first kappa shape index (κ1) is 13.5. The van der Waals surface area contributed by atoms with Crippen molar-refractivity contribution in [3.63, 3.8) is 0 Å². The van der Waals surface area contributed by atoms with Gasteiger partial charge in [-0.25, -0.2) is 0 Å². The van der Waals surface area contributed by atoms with Crippen LogP contribution in [0.4, 0.5) is 0 Å². The summed E-state index contributed by atoms with van der Waals surface area (Å²) in [6, 6.07) is 7.74. The van der Waals surface area contributed by atoms with Crippen LogP contribution >= 0.6 is 0 Å². The van der Waals surface area contributed by atoms with Crippen LogP contribution in [0.15, 0.2) is 24.3 Å². The molecule has 2 saturated carbocycles. The maximum atomic E-state index is 12.5. The number of hydrogen-bond acceptors (Lipinski definition) is 3. The lowest BCUT2D eigenvalue weighted by Crippen LogP contribution is -2.50. The molecule has 21 heavy (non-hydrogen) atoms. The third-order valence-electron chi connectivity index (χ3n) is 6.44. The highest BCUT2D eigenvalue weighted by Gasteiger charge is 2.58. The quantitative estimate of drug-likeness (QED) is 0.770. The summed E-state index contributed by atoms with van der Waals surface area (Å²) in [4.78, 5) is 12.5. The highest BCUT2D eigenvalue weighted by molar-refractivity contribution is 5.99. The van der Waals surface area contributed by atoms with Crippen LogP contribution in [-0.2, 0) is 0 Å². The Balaban J connectivity index is 1.82. The van der Waals surface area contributed by atoms with Crippen molar-refractivity contribution >= 4 is 5.78 Å². The zero-order chi connectivity index (χ0) is 14.8. The third-order valence-corrected chi connectivity index (χ3v) is 6.44. The van der Waals surface area contributed by atoms with Crippen molar-refractivity contribution in [1.82, 2.24) is 0 Å². The largest absolute Gasteiger partial charge is 0.393 e. The number of benzene rings is 1. The molecule has 2 fully saturated rings. The van der Waals surface area contributed by atoms with Crippen molar-refractivity contribution in [2.24, 2.45) is 17.3 Å². The lowest BCUT2D eigenvalue weighted by Gasteiger charge is -2.51. The van der Waals surface area contributed by atoms with Crippen LogP contribution in [0, 0.1) is 17.3 Å². The van der Waals surface area contributed by atoms with Gasteiger partial charge in [-0.1, -0.05) is 31.2 Å². The minimum atomic E-state index is -0.460. The molecule has 112 valence electrons. The molecule has 0 aliphatic heterocycles. The van der Waals surface area contributed by atoms with Crippen molar-refractivity contribution < 1.29 is 15.0 Å². The van der Waals surface area contributed by atoms with E-state index in [1.807, 2.05) is 24.3 Å². The van der Waals surface area contributed by atoms with Crippen molar-refractivity contribution in [2.45, 2.75) is 50.7 Å². The van der Waals surface area contributed by atoms with E-state index in [1.165, 1.54) is 0 Å². The zero-order valence-electron chi connectivity index (χ0n) is 12.3. The second kappa shape index (κ2) is 4.40. The first-order chi connectivity index (χ1) is 10.0. The summed E-state index contributed by atoms with van der Waals surface area (Å²) in [7, 11) is 0. The fraction of sp³-hybridized carbons (Fsp3) is 0.611. The molecule has 0 saturated heterocycles. The standard InChI is InChI=1S/C18H22O3/c1-18-9-15(20)17-11-5-3-2-4-10(11)14(19)8-12(17)13(18)6-7-16(18)21/h2-5,12-13,15-17,20-21H,6-9H2,1H3/t12-,13-,15+,16-,17+,18-/m0/s1. The number of Topliss-reactive ketones (excluding diaryl/α,β-unsaturated/α-hetero) is 1. The van der Waals surface area contributed by atoms with E-state index in [2.05, 4.69) is 6.92 Å². The van der Waals surface area contributed by atoms with Gasteiger partial charge in [0.2, 0.25) is 0 Å². The fourth-order valence-electron chi connectivity index (χ4n) is 5.42. The molecule has 6 atom stereocenters. The number of aliphatic hydroxyl groups excluding tert-OH is 2. The molecular formula is C18H22O3. The summed E-state index contributed by atoms with van der Waals surface area (Å²) in [6.45, 7) is 2.10. The molecule has 0 amide bonds. The lowest BCUT2D eigenvalue weighted by atomic mass is 9.54. The Bertz CT molecular complexity index is 596. The average molecular weight is 286 g/mol. The van der Waals surface area contributed by atoms with Gasteiger partial charge >= 0.3 is 0 Å². The smallest absolute Gasteiger partial charge is 0.163 e. The summed E-state index contributed by atoms with van der Waals surface area (Å²) in [6.07, 6.45) is 2.13. The molecular weight excluding hydrogens is 264 g/mol. The van der Waals surface area contributed by atoms with E-state index < -0.39 is 6.10 Å². The van der Waals surface area contributed by atoms with Crippen molar-refractivity contribution in [1.29, 1.82) is 0 Å². The number of ketones is 1. The number of carbonyl (C=O) groups excluding carboxylic acids is 1. The van der Waals surface area contributed by atoms with Crippen LogP contribution in [0.2, 0.25) is 0 Å². The van der Waals surface area contributed by atoms with Crippen molar-refractivity contribution in [2.75, 3.05) is 0 Å². The third kappa shape index (κ3) is 1.71. The molecule has 0 spiro atoms. The van der Waals surface area contributed by atoms with Gasteiger partial charge in [0, 0.05) is 17.9 Å². The predicted molar refractivity (Wildman–Crippen MR) is 79.1 cm³/mol. The average Bonchev–Trinajstić information content (AvgIpc) is 2.75. The van der Waals surface area contributed by atoms with Gasteiger partial charge in [-0.05, 0) is 42.1 Å². The molecule has 0 heterocycles. The van der Waals surface area contributed by atoms with E-state index >= 15 is 0 Å². The minimum absolute atomic E-state index is 0.0577. The molecule has 0 unspecified atom stereocenters. The molecule has 3 heteroatoms. The highest BCUT2D eigenvalue weighted by atomic mass is 16.3. The molecule has 0 radical (unpaired) electrons. The second-order valence-corrected chi connectivity index (χ2v) is 7.38. The molecule has 4 rings (SSSR count). The molecule has 2 N–H and O–H groups in total. The van der Waals surface area contributed by atoms with E-state index in [9.17, 15) is 15.0 Å².